The highest BCUT2D eigenvalue weighted by atomic mass is 32.1. The third-order valence-electron chi connectivity index (χ3n) is 4.48. The number of aromatic nitrogens is 3. The van der Waals surface area contributed by atoms with Crippen LogP contribution < -0.4 is 10.6 Å². The first-order valence-electron chi connectivity index (χ1n) is 9.99. The summed E-state index contributed by atoms with van der Waals surface area (Å²) in [5, 5.41) is 6.40. The van der Waals surface area contributed by atoms with Gasteiger partial charge in [-0.1, -0.05) is 17.4 Å². The van der Waals surface area contributed by atoms with Gasteiger partial charge in [-0.05, 0) is 63.2 Å². The monoisotopic (exact) mass is 447 g/mol. The highest BCUT2D eigenvalue weighted by Gasteiger charge is 2.13. The standard InChI is InChI=1S/C23H21N5O3S/c1-4-31-21(30)16-8-9-18-19(12-16)32-23(27-18)28-20(29)15-6-5-7-17(11-15)26-22-24-13(2)10-14(3)25-22/h5-12H,4H2,1-3H3,(H,24,25,26)(H,27,28,29). The number of nitrogens with zero attached hydrogens (tertiary/aromatic N) is 3. The summed E-state index contributed by atoms with van der Waals surface area (Å²) in [5.74, 6) is -0.200. The fraction of sp³-hybridized carbons (Fsp3) is 0.174. The van der Waals surface area contributed by atoms with Crippen LogP contribution in [-0.2, 0) is 4.74 Å². The number of amides is 1. The van der Waals surface area contributed by atoms with Crippen LogP contribution in [0, 0.1) is 13.8 Å². The molecule has 0 aliphatic heterocycles. The average Bonchev–Trinajstić information content (AvgIpc) is 3.14. The molecule has 0 radical (unpaired) electrons. The molecule has 0 atom stereocenters. The van der Waals surface area contributed by atoms with Crippen LogP contribution in [0.4, 0.5) is 16.8 Å². The molecule has 0 unspecified atom stereocenters. The number of fused-ring (bicyclic) bond motifs is 1. The fourth-order valence-corrected chi connectivity index (χ4v) is 4.04. The number of benzene rings is 2. The fourth-order valence-electron chi connectivity index (χ4n) is 3.14. The Balaban J connectivity index is 1.50. The number of hydrogen-bond donors (Lipinski definition) is 2. The number of rotatable bonds is 6. The molecule has 162 valence electrons. The first-order chi connectivity index (χ1) is 15.4. The van der Waals surface area contributed by atoms with Gasteiger partial charge in [-0.15, -0.1) is 0 Å². The minimum Gasteiger partial charge on any atom is -0.462 e. The predicted molar refractivity (Wildman–Crippen MR) is 125 cm³/mol. The molecular formula is C23H21N5O3S. The van der Waals surface area contributed by atoms with E-state index in [-0.39, 0.29) is 11.9 Å². The Morgan fingerprint density at radius 1 is 0.969 bits per heavy atom. The number of carbonyl (C=O) groups excluding carboxylic acids is 2. The Hall–Kier alpha value is -3.85. The van der Waals surface area contributed by atoms with Crippen LogP contribution in [0.5, 0.6) is 0 Å². The molecule has 0 spiro atoms. The lowest BCUT2D eigenvalue weighted by atomic mass is 10.2. The van der Waals surface area contributed by atoms with Gasteiger partial charge in [-0.3, -0.25) is 10.1 Å². The zero-order valence-electron chi connectivity index (χ0n) is 17.8. The first kappa shape index (κ1) is 21.4. The highest BCUT2D eigenvalue weighted by molar-refractivity contribution is 7.22. The van der Waals surface area contributed by atoms with Gasteiger partial charge in [0.25, 0.3) is 5.91 Å². The van der Waals surface area contributed by atoms with Crippen molar-refractivity contribution in [1.82, 2.24) is 15.0 Å². The highest BCUT2D eigenvalue weighted by Crippen LogP contribution is 2.28. The van der Waals surface area contributed by atoms with Crippen molar-refractivity contribution < 1.29 is 14.3 Å². The van der Waals surface area contributed by atoms with Gasteiger partial charge in [0, 0.05) is 22.6 Å². The molecule has 1 amide bonds. The molecule has 0 aliphatic carbocycles. The molecule has 4 rings (SSSR count). The summed E-state index contributed by atoms with van der Waals surface area (Å²) in [7, 11) is 0. The van der Waals surface area contributed by atoms with Crippen LogP contribution in [0.3, 0.4) is 0 Å². The van der Waals surface area contributed by atoms with E-state index in [1.165, 1.54) is 11.3 Å². The second kappa shape index (κ2) is 9.11. The Labute approximate surface area is 188 Å². The van der Waals surface area contributed by atoms with Crippen LogP contribution in [0.1, 0.15) is 39.0 Å². The molecule has 0 bridgehead atoms. The molecule has 2 N–H and O–H groups in total. The van der Waals surface area contributed by atoms with E-state index in [1.54, 1.807) is 43.3 Å². The van der Waals surface area contributed by atoms with Crippen LogP contribution in [0.25, 0.3) is 10.2 Å². The number of thiazole rings is 1. The molecular weight excluding hydrogens is 426 g/mol. The quantitative estimate of drug-likeness (QED) is 0.406. The van der Waals surface area contributed by atoms with Crippen LogP contribution >= 0.6 is 11.3 Å². The number of carbonyl (C=O) groups is 2. The number of anilines is 3. The molecule has 0 fully saturated rings. The Morgan fingerprint density at radius 2 is 1.75 bits per heavy atom. The van der Waals surface area contributed by atoms with Crippen molar-refractivity contribution in [2.45, 2.75) is 20.8 Å². The summed E-state index contributed by atoms with van der Waals surface area (Å²) in [5.41, 5.74) is 4.03. The summed E-state index contributed by atoms with van der Waals surface area (Å²) >= 11 is 1.29. The maximum atomic E-state index is 12.8. The zero-order valence-corrected chi connectivity index (χ0v) is 18.6. The van der Waals surface area contributed by atoms with Gasteiger partial charge < -0.3 is 10.1 Å². The molecule has 8 nitrogen and oxygen atoms in total. The van der Waals surface area contributed by atoms with E-state index in [0.29, 0.717) is 40.0 Å². The SMILES string of the molecule is CCOC(=O)c1ccc2nc(NC(=O)c3cccc(Nc4nc(C)cc(C)n4)c3)sc2c1. The zero-order chi connectivity index (χ0) is 22.7. The van der Waals surface area contributed by atoms with Gasteiger partial charge in [0.2, 0.25) is 5.95 Å². The lowest BCUT2D eigenvalue weighted by Gasteiger charge is -2.08. The number of aryl methyl sites for hydroxylation is 2. The summed E-state index contributed by atoms with van der Waals surface area (Å²) in [6.45, 7) is 5.87. The molecule has 9 heteroatoms. The summed E-state index contributed by atoms with van der Waals surface area (Å²) in [6, 6.07) is 14.1. The van der Waals surface area contributed by atoms with Crippen molar-refractivity contribution in [3.05, 3.63) is 71.0 Å². The number of nitrogens with one attached hydrogen (secondary N) is 2. The van der Waals surface area contributed by atoms with E-state index in [4.69, 9.17) is 4.74 Å². The van der Waals surface area contributed by atoms with Crippen molar-refractivity contribution in [1.29, 1.82) is 0 Å². The second-order valence-electron chi connectivity index (χ2n) is 7.06. The van der Waals surface area contributed by atoms with E-state index >= 15 is 0 Å². The van der Waals surface area contributed by atoms with Crippen molar-refractivity contribution in [3.8, 4) is 0 Å². The van der Waals surface area contributed by atoms with Crippen LogP contribution in [0.15, 0.2) is 48.5 Å². The lowest BCUT2D eigenvalue weighted by Crippen LogP contribution is -2.12. The summed E-state index contributed by atoms with van der Waals surface area (Å²) in [6.07, 6.45) is 0. The summed E-state index contributed by atoms with van der Waals surface area (Å²) in [4.78, 5) is 37.9. The van der Waals surface area contributed by atoms with Gasteiger partial charge in [0.15, 0.2) is 5.13 Å². The molecule has 0 saturated carbocycles. The maximum absolute atomic E-state index is 12.8. The van der Waals surface area contributed by atoms with Gasteiger partial charge >= 0.3 is 5.97 Å². The smallest absolute Gasteiger partial charge is 0.338 e. The molecule has 0 saturated heterocycles. The maximum Gasteiger partial charge on any atom is 0.338 e. The molecule has 2 aromatic heterocycles. The predicted octanol–water partition coefficient (Wildman–Crippen LogP) is 4.88. The minimum atomic E-state index is -0.384. The van der Waals surface area contributed by atoms with E-state index in [2.05, 4.69) is 25.6 Å². The Morgan fingerprint density at radius 3 is 2.50 bits per heavy atom. The first-order valence-corrected chi connectivity index (χ1v) is 10.8. The minimum absolute atomic E-state index is 0.292. The van der Waals surface area contributed by atoms with E-state index < -0.39 is 0 Å². The van der Waals surface area contributed by atoms with Gasteiger partial charge in [0.05, 0.1) is 22.4 Å². The van der Waals surface area contributed by atoms with Gasteiger partial charge in [-0.2, -0.15) is 0 Å². The molecule has 0 aliphatic rings. The third kappa shape index (κ3) is 4.89. The summed E-state index contributed by atoms with van der Waals surface area (Å²) < 4.78 is 5.82. The Bertz CT molecular complexity index is 1300. The van der Waals surface area contributed by atoms with Crippen LogP contribution in [0.2, 0.25) is 0 Å². The van der Waals surface area contributed by atoms with E-state index in [9.17, 15) is 9.59 Å². The third-order valence-corrected chi connectivity index (χ3v) is 5.42. The number of ether oxygens (including phenoxy) is 1. The number of esters is 1. The number of hydrogen-bond acceptors (Lipinski definition) is 8. The lowest BCUT2D eigenvalue weighted by molar-refractivity contribution is 0.0526. The molecule has 2 heterocycles. The Kier molecular flexibility index (Phi) is 6.09. The van der Waals surface area contributed by atoms with Gasteiger partial charge in [0.1, 0.15) is 0 Å². The van der Waals surface area contributed by atoms with Crippen molar-refractivity contribution in [3.63, 3.8) is 0 Å². The van der Waals surface area contributed by atoms with Crippen LogP contribution in [-0.4, -0.2) is 33.4 Å². The topological polar surface area (TPSA) is 106 Å². The molecule has 4 aromatic rings. The average molecular weight is 448 g/mol. The largest absolute Gasteiger partial charge is 0.462 e. The van der Waals surface area contributed by atoms with Crippen molar-refractivity contribution in [2.75, 3.05) is 17.2 Å². The van der Waals surface area contributed by atoms with Crippen molar-refractivity contribution in [2.24, 2.45) is 0 Å². The second-order valence-corrected chi connectivity index (χ2v) is 8.09. The van der Waals surface area contributed by atoms with Gasteiger partial charge in [-0.25, -0.2) is 19.7 Å². The molecule has 2 aromatic carbocycles. The van der Waals surface area contributed by atoms with Crippen molar-refractivity contribution >= 4 is 50.2 Å². The van der Waals surface area contributed by atoms with E-state index in [0.717, 1.165) is 16.1 Å². The van der Waals surface area contributed by atoms with E-state index in [1.807, 2.05) is 26.0 Å². The normalized spacial score (nSPS) is 10.7. The molecule has 32 heavy (non-hydrogen) atoms.